The van der Waals surface area contributed by atoms with Gasteiger partial charge in [-0.15, -0.1) is 16.3 Å². The van der Waals surface area contributed by atoms with Crippen molar-refractivity contribution in [2.45, 2.75) is 0 Å². The lowest BCUT2D eigenvalue weighted by Gasteiger charge is -2.04. The maximum absolute atomic E-state index is 11.0. The Morgan fingerprint density at radius 3 is 2.33 bits per heavy atom. The molecule has 2 rings (SSSR count). The highest BCUT2D eigenvalue weighted by atomic mass is 32.1. The first-order chi connectivity index (χ1) is 8.65. The number of thiophene rings is 1. The summed E-state index contributed by atoms with van der Waals surface area (Å²) >= 11 is 1.10. The SMILES string of the molecule is COc1nc(OC)nc(-c2ccsc2C(=O)O)n1. The summed E-state index contributed by atoms with van der Waals surface area (Å²) in [5.41, 5.74) is 0.409. The van der Waals surface area contributed by atoms with Crippen LogP contribution in [0.3, 0.4) is 0 Å². The first-order valence-corrected chi connectivity index (χ1v) is 5.69. The van der Waals surface area contributed by atoms with Crippen molar-refractivity contribution >= 4 is 17.3 Å². The van der Waals surface area contributed by atoms with E-state index in [1.54, 1.807) is 11.4 Å². The Balaban J connectivity index is 2.55. The first-order valence-electron chi connectivity index (χ1n) is 4.81. The van der Waals surface area contributed by atoms with E-state index in [4.69, 9.17) is 14.6 Å². The van der Waals surface area contributed by atoms with Gasteiger partial charge in [0.25, 0.3) is 0 Å². The van der Waals surface area contributed by atoms with Crippen LogP contribution in [0.25, 0.3) is 11.4 Å². The minimum Gasteiger partial charge on any atom is -0.477 e. The zero-order valence-electron chi connectivity index (χ0n) is 9.58. The molecule has 0 unspecified atom stereocenters. The van der Waals surface area contributed by atoms with E-state index in [0.29, 0.717) is 5.56 Å². The van der Waals surface area contributed by atoms with Crippen molar-refractivity contribution in [3.8, 4) is 23.4 Å². The van der Waals surface area contributed by atoms with Gasteiger partial charge in [0, 0.05) is 5.56 Å². The molecule has 18 heavy (non-hydrogen) atoms. The van der Waals surface area contributed by atoms with Crippen molar-refractivity contribution in [1.29, 1.82) is 0 Å². The topological polar surface area (TPSA) is 94.4 Å². The Kier molecular flexibility index (Phi) is 3.38. The molecule has 8 heteroatoms. The standard InChI is InChI=1S/C10H9N3O4S/c1-16-9-11-7(12-10(13-9)17-2)5-3-4-18-6(5)8(14)15/h3-4H,1-2H3,(H,14,15). The first kappa shape index (κ1) is 12.2. The average molecular weight is 267 g/mol. The monoisotopic (exact) mass is 267 g/mol. The predicted octanol–water partition coefficient (Wildman–Crippen LogP) is 1.32. The van der Waals surface area contributed by atoms with Crippen LogP contribution in [0.15, 0.2) is 11.4 Å². The number of hydrogen-bond acceptors (Lipinski definition) is 7. The number of nitrogens with zero attached hydrogens (tertiary/aromatic N) is 3. The van der Waals surface area contributed by atoms with E-state index in [2.05, 4.69) is 15.0 Å². The van der Waals surface area contributed by atoms with Gasteiger partial charge < -0.3 is 14.6 Å². The van der Waals surface area contributed by atoms with Gasteiger partial charge in [0.15, 0.2) is 5.82 Å². The normalized spacial score (nSPS) is 10.1. The molecule has 0 saturated carbocycles. The van der Waals surface area contributed by atoms with Gasteiger partial charge in [-0.2, -0.15) is 9.97 Å². The van der Waals surface area contributed by atoms with Crippen LogP contribution in [-0.4, -0.2) is 40.2 Å². The number of carboxylic acid groups (broad SMARTS) is 1. The summed E-state index contributed by atoms with van der Waals surface area (Å²) < 4.78 is 9.82. The van der Waals surface area contributed by atoms with Crippen molar-refractivity contribution in [3.05, 3.63) is 16.3 Å². The van der Waals surface area contributed by atoms with Crippen LogP contribution >= 0.6 is 11.3 Å². The Morgan fingerprint density at radius 1 is 1.22 bits per heavy atom. The molecule has 0 aliphatic heterocycles. The molecule has 0 aromatic carbocycles. The molecule has 2 aromatic heterocycles. The summed E-state index contributed by atoms with van der Waals surface area (Å²) in [5.74, 6) is -0.823. The van der Waals surface area contributed by atoms with E-state index in [0.717, 1.165) is 11.3 Å². The number of ether oxygens (including phenoxy) is 2. The van der Waals surface area contributed by atoms with Gasteiger partial charge in [0.1, 0.15) is 4.88 Å². The molecule has 1 N–H and O–H groups in total. The highest BCUT2D eigenvalue weighted by Crippen LogP contribution is 2.27. The van der Waals surface area contributed by atoms with Crippen LogP contribution in [0.1, 0.15) is 9.67 Å². The zero-order chi connectivity index (χ0) is 13.1. The van der Waals surface area contributed by atoms with Crippen molar-refractivity contribution < 1.29 is 19.4 Å². The fourth-order valence-electron chi connectivity index (χ4n) is 1.29. The van der Waals surface area contributed by atoms with Gasteiger partial charge >= 0.3 is 18.0 Å². The number of carbonyl (C=O) groups is 1. The molecule has 2 heterocycles. The number of aromatic carboxylic acids is 1. The third kappa shape index (κ3) is 2.23. The maximum atomic E-state index is 11.0. The Hall–Kier alpha value is -2.22. The molecule has 0 spiro atoms. The maximum Gasteiger partial charge on any atom is 0.346 e. The predicted molar refractivity (Wildman–Crippen MR) is 63.2 cm³/mol. The fourth-order valence-corrected chi connectivity index (χ4v) is 2.02. The summed E-state index contributed by atoms with van der Waals surface area (Å²) in [6.45, 7) is 0. The van der Waals surface area contributed by atoms with Crippen LogP contribution in [0.2, 0.25) is 0 Å². The second-order valence-corrected chi connectivity index (χ2v) is 4.02. The van der Waals surface area contributed by atoms with Crippen molar-refractivity contribution in [2.24, 2.45) is 0 Å². The Morgan fingerprint density at radius 2 is 1.83 bits per heavy atom. The minimum absolute atomic E-state index is 0.0689. The molecular weight excluding hydrogens is 258 g/mol. The van der Waals surface area contributed by atoms with E-state index >= 15 is 0 Å². The molecule has 0 bridgehead atoms. The zero-order valence-corrected chi connectivity index (χ0v) is 10.4. The molecule has 0 atom stereocenters. The average Bonchev–Trinajstić information content (AvgIpc) is 2.87. The Bertz CT molecular complexity index is 562. The number of methoxy groups -OCH3 is 2. The summed E-state index contributed by atoms with van der Waals surface area (Å²) in [5, 5.41) is 10.7. The number of aromatic nitrogens is 3. The molecule has 0 aliphatic carbocycles. The van der Waals surface area contributed by atoms with E-state index in [1.807, 2.05) is 0 Å². The third-order valence-electron chi connectivity index (χ3n) is 2.06. The van der Waals surface area contributed by atoms with Gasteiger partial charge in [-0.1, -0.05) is 0 Å². The van der Waals surface area contributed by atoms with Gasteiger partial charge in [-0.05, 0) is 11.4 Å². The second kappa shape index (κ2) is 4.96. The van der Waals surface area contributed by atoms with Crippen LogP contribution in [-0.2, 0) is 0 Å². The van der Waals surface area contributed by atoms with Crippen LogP contribution < -0.4 is 9.47 Å². The molecule has 0 saturated heterocycles. The quantitative estimate of drug-likeness (QED) is 0.892. The van der Waals surface area contributed by atoms with E-state index < -0.39 is 5.97 Å². The van der Waals surface area contributed by atoms with E-state index in [1.165, 1.54) is 14.2 Å². The number of carboxylic acids is 1. The lowest BCUT2D eigenvalue weighted by atomic mass is 10.2. The van der Waals surface area contributed by atoms with Crippen LogP contribution in [0.5, 0.6) is 12.0 Å². The summed E-state index contributed by atoms with van der Waals surface area (Å²) in [6.07, 6.45) is 0. The highest BCUT2D eigenvalue weighted by Gasteiger charge is 2.18. The fraction of sp³-hybridized carbons (Fsp3) is 0.200. The third-order valence-corrected chi connectivity index (χ3v) is 2.96. The summed E-state index contributed by atoms with van der Waals surface area (Å²) in [6, 6.07) is 1.77. The Labute approximate surface area is 106 Å². The van der Waals surface area contributed by atoms with Gasteiger partial charge in [-0.25, -0.2) is 4.79 Å². The molecular formula is C10H9N3O4S. The van der Waals surface area contributed by atoms with Crippen molar-refractivity contribution in [3.63, 3.8) is 0 Å². The van der Waals surface area contributed by atoms with E-state index in [9.17, 15) is 4.79 Å². The molecule has 2 aromatic rings. The largest absolute Gasteiger partial charge is 0.477 e. The number of rotatable bonds is 4. The van der Waals surface area contributed by atoms with Crippen molar-refractivity contribution in [1.82, 2.24) is 15.0 Å². The molecule has 0 radical (unpaired) electrons. The molecule has 0 fully saturated rings. The van der Waals surface area contributed by atoms with Crippen LogP contribution in [0, 0.1) is 0 Å². The second-order valence-electron chi connectivity index (χ2n) is 3.10. The molecule has 0 amide bonds. The smallest absolute Gasteiger partial charge is 0.346 e. The summed E-state index contributed by atoms with van der Waals surface area (Å²) in [4.78, 5) is 23.1. The van der Waals surface area contributed by atoms with Gasteiger partial charge in [-0.3, -0.25) is 0 Å². The molecule has 0 aliphatic rings. The lowest BCUT2D eigenvalue weighted by molar-refractivity contribution is 0.0703. The molecule has 7 nitrogen and oxygen atoms in total. The number of hydrogen-bond donors (Lipinski definition) is 1. The highest BCUT2D eigenvalue weighted by molar-refractivity contribution is 7.12. The van der Waals surface area contributed by atoms with Gasteiger partial charge in [0.05, 0.1) is 14.2 Å². The van der Waals surface area contributed by atoms with Crippen LogP contribution in [0.4, 0.5) is 0 Å². The molecule has 94 valence electrons. The summed E-state index contributed by atoms with van der Waals surface area (Å²) in [7, 11) is 2.81. The van der Waals surface area contributed by atoms with Gasteiger partial charge in [0.2, 0.25) is 0 Å². The lowest BCUT2D eigenvalue weighted by Crippen LogP contribution is -2.02. The van der Waals surface area contributed by atoms with E-state index in [-0.39, 0.29) is 22.7 Å². The van der Waals surface area contributed by atoms with Crippen molar-refractivity contribution in [2.75, 3.05) is 14.2 Å². The minimum atomic E-state index is -1.03.